The molecule has 0 bridgehead atoms. The maximum absolute atomic E-state index is 13.0. The van der Waals surface area contributed by atoms with Crippen molar-refractivity contribution in [2.45, 2.75) is 26.7 Å². The quantitative estimate of drug-likeness (QED) is 0.0398. The number of carbonyl (C=O) groups excluding carboxylic acids is 4. The molecule has 276 valence electrons. The molecule has 0 aliphatic carbocycles. The summed E-state index contributed by atoms with van der Waals surface area (Å²) in [6, 6.07) is 34.1. The highest BCUT2D eigenvalue weighted by Gasteiger charge is 2.14. The van der Waals surface area contributed by atoms with Crippen LogP contribution in [0.3, 0.4) is 0 Å². The molecule has 0 amide bonds. The Hall–Kier alpha value is -6.68. The third kappa shape index (κ3) is 11.4. The van der Waals surface area contributed by atoms with Crippen LogP contribution >= 0.6 is 0 Å². The summed E-state index contributed by atoms with van der Waals surface area (Å²) in [6.07, 6.45) is 2.29. The molecule has 0 saturated heterocycles. The van der Waals surface area contributed by atoms with Gasteiger partial charge in [-0.1, -0.05) is 55.1 Å². The molecule has 0 spiro atoms. The van der Waals surface area contributed by atoms with Crippen LogP contribution in [0.4, 0.5) is 0 Å². The van der Waals surface area contributed by atoms with Crippen LogP contribution in [0.1, 0.15) is 46.0 Å². The summed E-state index contributed by atoms with van der Waals surface area (Å²) in [4.78, 5) is 47.8. The topological polar surface area (TPSA) is 124 Å². The van der Waals surface area contributed by atoms with Crippen LogP contribution < -0.4 is 18.9 Å². The van der Waals surface area contributed by atoms with Crippen LogP contribution in [0.5, 0.6) is 23.0 Å². The van der Waals surface area contributed by atoms with E-state index in [1.54, 1.807) is 49.4 Å². The Morgan fingerprint density at radius 2 is 0.963 bits per heavy atom. The van der Waals surface area contributed by atoms with E-state index in [0.717, 1.165) is 28.3 Å². The van der Waals surface area contributed by atoms with Crippen molar-refractivity contribution in [1.82, 2.24) is 0 Å². The summed E-state index contributed by atoms with van der Waals surface area (Å²) >= 11 is 0. The second kappa shape index (κ2) is 19.2. The summed E-state index contributed by atoms with van der Waals surface area (Å²) in [5.41, 5.74) is 5.12. The minimum Gasteiger partial charge on any atom is -0.493 e. The molecular formula is C44H40O10. The smallest absolute Gasteiger partial charge is 0.343 e. The summed E-state index contributed by atoms with van der Waals surface area (Å²) in [5, 5.41) is 0. The molecule has 54 heavy (non-hydrogen) atoms. The third-order valence-electron chi connectivity index (χ3n) is 8.01. The zero-order chi connectivity index (χ0) is 38.3. The first-order chi connectivity index (χ1) is 26.2. The van der Waals surface area contributed by atoms with E-state index in [1.807, 2.05) is 72.8 Å². The monoisotopic (exact) mass is 728 g/mol. The van der Waals surface area contributed by atoms with Gasteiger partial charge in [0, 0.05) is 25.8 Å². The Bertz CT molecular complexity index is 2050. The number of esters is 4. The van der Waals surface area contributed by atoms with Gasteiger partial charge in [-0.3, -0.25) is 4.79 Å². The summed E-state index contributed by atoms with van der Waals surface area (Å²) in [6.45, 7) is 7.91. The number of aryl methyl sites for hydroxylation is 1. The standard InChI is InChI=1S/C44H40O10/c1-4-42(46)52-28-6-27-51-39-21-17-35(18-22-39)33-9-13-37(14-10-33)44(48)54-41-24-23-40(29-30(41)2)53-43(47)36-11-7-32(8-12-36)34-15-19-38(20-16-34)50-26-5-25-49-31(3)45/h4,7-24,29H,1,5-6,25-28H2,2-3H3. The lowest BCUT2D eigenvalue weighted by Crippen LogP contribution is -2.10. The van der Waals surface area contributed by atoms with Gasteiger partial charge in [0.05, 0.1) is 37.6 Å². The Kier molecular flexibility index (Phi) is 13.7. The molecule has 0 aliphatic rings. The van der Waals surface area contributed by atoms with Crippen LogP contribution in [0.25, 0.3) is 22.3 Å². The number of rotatable bonds is 17. The van der Waals surface area contributed by atoms with E-state index in [0.29, 0.717) is 72.4 Å². The van der Waals surface area contributed by atoms with Gasteiger partial charge in [-0.15, -0.1) is 0 Å². The maximum atomic E-state index is 13.0. The molecule has 10 heteroatoms. The van der Waals surface area contributed by atoms with E-state index in [2.05, 4.69) is 6.58 Å². The summed E-state index contributed by atoms with van der Waals surface area (Å²) in [5.74, 6) is 0.264. The van der Waals surface area contributed by atoms with Crippen LogP contribution in [0.15, 0.2) is 128 Å². The average molecular weight is 729 g/mol. The van der Waals surface area contributed by atoms with Gasteiger partial charge in [0.2, 0.25) is 0 Å². The normalized spacial score (nSPS) is 10.5. The van der Waals surface area contributed by atoms with Gasteiger partial charge in [-0.2, -0.15) is 0 Å². The highest BCUT2D eigenvalue weighted by molar-refractivity contribution is 5.93. The van der Waals surface area contributed by atoms with Gasteiger partial charge in [0.1, 0.15) is 23.0 Å². The van der Waals surface area contributed by atoms with Gasteiger partial charge >= 0.3 is 23.9 Å². The van der Waals surface area contributed by atoms with Crippen molar-refractivity contribution in [3.05, 3.63) is 145 Å². The zero-order valence-corrected chi connectivity index (χ0v) is 30.1. The lowest BCUT2D eigenvalue weighted by atomic mass is 10.0. The molecule has 0 aromatic heterocycles. The van der Waals surface area contributed by atoms with Crippen molar-refractivity contribution in [2.75, 3.05) is 26.4 Å². The van der Waals surface area contributed by atoms with Gasteiger partial charge in [0.25, 0.3) is 0 Å². The minimum absolute atomic E-state index is 0.259. The van der Waals surface area contributed by atoms with Crippen LogP contribution in [0, 0.1) is 6.92 Å². The van der Waals surface area contributed by atoms with E-state index in [1.165, 1.54) is 6.92 Å². The molecule has 0 aliphatic heterocycles. The highest BCUT2D eigenvalue weighted by atomic mass is 16.5. The Balaban J connectivity index is 1.08. The van der Waals surface area contributed by atoms with E-state index in [4.69, 9.17) is 28.4 Å². The van der Waals surface area contributed by atoms with E-state index < -0.39 is 17.9 Å². The minimum atomic E-state index is -0.519. The van der Waals surface area contributed by atoms with E-state index >= 15 is 0 Å². The zero-order valence-electron chi connectivity index (χ0n) is 30.1. The van der Waals surface area contributed by atoms with Crippen LogP contribution in [-0.4, -0.2) is 50.3 Å². The Morgan fingerprint density at radius 1 is 0.537 bits per heavy atom. The summed E-state index contributed by atoms with van der Waals surface area (Å²) in [7, 11) is 0. The van der Waals surface area contributed by atoms with Gasteiger partial charge in [0.15, 0.2) is 0 Å². The first-order valence-corrected chi connectivity index (χ1v) is 17.3. The molecule has 5 aromatic carbocycles. The summed E-state index contributed by atoms with van der Waals surface area (Å²) < 4.78 is 32.5. The van der Waals surface area contributed by atoms with Crippen molar-refractivity contribution >= 4 is 23.9 Å². The molecular weight excluding hydrogens is 688 g/mol. The largest absolute Gasteiger partial charge is 0.493 e. The van der Waals surface area contributed by atoms with Crippen molar-refractivity contribution < 1.29 is 47.6 Å². The molecule has 0 fully saturated rings. The number of benzene rings is 5. The van der Waals surface area contributed by atoms with Crippen molar-refractivity contribution in [2.24, 2.45) is 0 Å². The maximum Gasteiger partial charge on any atom is 0.343 e. The Morgan fingerprint density at radius 3 is 1.41 bits per heavy atom. The number of carbonyl (C=O) groups is 4. The fourth-order valence-electron chi connectivity index (χ4n) is 5.15. The van der Waals surface area contributed by atoms with E-state index in [9.17, 15) is 19.2 Å². The van der Waals surface area contributed by atoms with Crippen molar-refractivity contribution in [3.8, 4) is 45.3 Å². The van der Waals surface area contributed by atoms with Crippen LogP contribution in [0.2, 0.25) is 0 Å². The lowest BCUT2D eigenvalue weighted by molar-refractivity contribution is -0.141. The molecule has 0 atom stereocenters. The molecule has 10 nitrogen and oxygen atoms in total. The van der Waals surface area contributed by atoms with Crippen molar-refractivity contribution in [1.29, 1.82) is 0 Å². The molecule has 0 radical (unpaired) electrons. The molecule has 0 N–H and O–H groups in total. The Labute approximate surface area is 313 Å². The predicted molar refractivity (Wildman–Crippen MR) is 203 cm³/mol. The number of ether oxygens (including phenoxy) is 6. The molecule has 0 saturated carbocycles. The molecule has 5 rings (SSSR count). The highest BCUT2D eigenvalue weighted by Crippen LogP contribution is 2.28. The molecule has 0 unspecified atom stereocenters. The van der Waals surface area contributed by atoms with Crippen molar-refractivity contribution in [3.63, 3.8) is 0 Å². The number of hydrogen-bond donors (Lipinski definition) is 0. The third-order valence-corrected chi connectivity index (χ3v) is 8.01. The average Bonchev–Trinajstić information content (AvgIpc) is 3.19. The van der Waals surface area contributed by atoms with Crippen LogP contribution in [-0.2, 0) is 19.1 Å². The first-order valence-electron chi connectivity index (χ1n) is 17.3. The predicted octanol–water partition coefficient (Wildman–Crippen LogP) is 8.60. The lowest BCUT2D eigenvalue weighted by Gasteiger charge is -2.11. The fraction of sp³-hybridized carbons (Fsp3) is 0.182. The first kappa shape index (κ1) is 38.5. The number of hydrogen-bond acceptors (Lipinski definition) is 10. The SMILES string of the molecule is C=CC(=O)OCCCOc1ccc(-c2ccc(C(=O)Oc3ccc(OC(=O)c4ccc(-c5ccc(OCCCOC(C)=O)cc5)cc4)cc3C)cc2)cc1. The second-order valence-electron chi connectivity index (χ2n) is 12.0. The molecule has 0 heterocycles. The molecule has 5 aromatic rings. The van der Waals surface area contributed by atoms with Gasteiger partial charge < -0.3 is 28.4 Å². The fourth-order valence-corrected chi connectivity index (χ4v) is 5.15. The van der Waals surface area contributed by atoms with E-state index in [-0.39, 0.29) is 12.6 Å². The van der Waals surface area contributed by atoms with Gasteiger partial charge in [-0.05, 0) is 101 Å². The second-order valence-corrected chi connectivity index (χ2v) is 12.0. The van der Waals surface area contributed by atoms with Gasteiger partial charge in [-0.25, -0.2) is 14.4 Å².